The van der Waals surface area contributed by atoms with Gasteiger partial charge in [0.05, 0.1) is 11.9 Å². The van der Waals surface area contributed by atoms with Gasteiger partial charge in [-0.1, -0.05) is 18.2 Å². The monoisotopic (exact) mass is 255 g/mol. The third kappa shape index (κ3) is 2.44. The van der Waals surface area contributed by atoms with Crippen LogP contribution in [0.1, 0.15) is 18.5 Å². The van der Waals surface area contributed by atoms with Gasteiger partial charge in [0.15, 0.2) is 0 Å². The van der Waals surface area contributed by atoms with Crippen molar-refractivity contribution in [3.63, 3.8) is 0 Å². The average molecular weight is 255 g/mol. The van der Waals surface area contributed by atoms with Crippen molar-refractivity contribution in [1.29, 1.82) is 0 Å². The van der Waals surface area contributed by atoms with Crippen molar-refractivity contribution in [2.24, 2.45) is 0 Å². The van der Waals surface area contributed by atoms with Gasteiger partial charge in [-0.25, -0.2) is 0 Å². The SMILES string of the molecule is OC1(c2cnccn2)CCN(c2ccccc2)CC1. The van der Waals surface area contributed by atoms with Gasteiger partial charge in [-0.3, -0.25) is 9.97 Å². The number of hydrogen-bond acceptors (Lipinski definition) is 4. The number of aromatic nitrogens is 2. The van der Waals surface area contributed by atoms with E-state index < -0.39 is 5.60 Å². The summed E-state index contributed by atoms with van der Waals surface area (Å²) in [6, 6.07) is 10.3. The highest BCUT2D eigenvalue weighted by Gasteiger charge is 2.35. The first-order valence-electron chi connectivity index (χ1n) is 6.57. The molecule has 0 atom stereocenters. The minimum atomic E-state index is -0.834. The summed E-state index contributed by atoms with van der Waals surface area (Å²) in [4.78, 5) is 10.6. The second kappa shape index (κ2) is 4.97. The van der Waals surface area contributed by atoms with Gasteiger partial charge in [0, 0.05) is 31.2 Å². The molecule has 0 spiro atoms. The van der Waals surface area contributed by atoms with Gasteiger partial charge in [-0.15, -0.1) is 0 Å². The molecule has 4 nitrogen and oxygen atoms in total. The molecule has 1 aliphatic rings. The zero-order valence-corrected chi connectivity index (χ0v) is 10.7. The first kappa shape index (κ1) is 12.1. The fourth-order valence-electron chi connectivity index (χ4n) is 2.57. The van der Waals surface area contributed by atoms with E-state index in [1.165, 1.54) is 5.69 Å². The molecule has 2 heterocycles. The maximum Gasteiger partial charge on any atom is 0.111 e. The normalized spacial score (nSPS) is 18.3. The lowest BCUT2D eigenvalue weighted by atomic mass is 9.88. The Kier molecular flexibility index (Phi) is 3.17. The van der Waals surface area contributed by atoms with Gasteiger partial charge < -0.3 is 10.0 Å². The van der Waals surface area contributed by atoms with E-state index in [-0.39, 0.29) is 0 Å². The molecule has 0 aliphatic carbocycles. The molecule has 1 aliphatic heterocycles. The molecule has 4 heteroatoms. The summed E-state index contributed by atoms with van der Waals surface area (Å²) in [5.74, 6) is 0. The van der Waals surface area contributed by atoms with E-state index in [9.17, 15) is 5.11 Å². The van der Waals surface area contributed by atoms with Crippen LogP contribution < -0.4 is 4.90 Å². The Labute approximate surface area is 112 Å². The average Bonchev–Trinajstić information content (AvgIpc) is 2.50. The number of piperidine rings is 1. The second-order valence-electron chi connectivity index (χ2n) is 4.94. The molecule has 0 bridgehead atoms. The van der Waals surface area contributed by atoms with Crippen molar-refractivity contribution in [1.82, 2.24) is 9.97 Å². The van der Waals surface area contributed by atoms with E-state index in [2.05, 4.69) is 27.0 Å². The van der Waals surface area contributed by atoms with Gasteiger partial charge in [-0.2, -0.15) is 0 Å². The van der Waals surface area contributed by atoms with Crippen molar-refractivity contribution in [2.45, 2.75) is 18.4 Å². The fraction of sp³-hybridized carbons (Fsp3) is 0.333. The van der Waals surface area contributed by atoms with Crippen molar-refractivity contribution in [3.05, 3.63) is 54.6 Å². The summed E-state index contributed by atoms with van der Waals surface area (Å²) in [6.07, 6.45) is 6.29. The molecule has 0 unspecified atom stereocenters. The zero-order valence-electron chi connectivity index (χ0n) is 10.7. The Morgan fingerprint density at radius 1 is 1.05 bits per heavy atom. The summed E-state index contributed by atoms with van der Waals surface area (Å²) in [6.45, 7) is 1.66. The maximum atomic E-state index is 10.7. The predicted molar refractivity (Wildman–Crippen MR) is 73.8 cm³/mol. The maximum absolute atomic E-state index is 10.7. The van der Waals surface area contributed by atoms with Crippen LogP contribution in [0.2, 0.25) is 0 Å². The summed E-state index contributed by atoms with van der Waals surface area (Å²) in [7, 11) is 0. The molecule has 19 heavy (non-hydrogen) atoms. The van der Waals surface area contributed by atoms with Crippen molar-refractivity contribution >= 4 is 5.69 Å². The van der Waals surface area contributed by atoms with Gasteiger partial charge >= 0.3 is 0 Å². The first-order chi connectivity index (χ1) is 9.28. The molecule has 1 fully saturated rings. The van der Waals surface area contributed by atoms with E-state index in [1.54, 1.807) is 18.6 Å². The van der Waals surface area contributed by atoms with Crippen molar-refractivity contribution in [2.75, 3.05) is 18.0 Å². The Bertz CT molecular complexity index is 522. The molecule has 98 valence electrons. The van der Waals surface area contributed by atoms with Crippen LogP contribution in [0.5, 0.6) is 0 Å². The molecule has 0 amide bonds. The summed E-state index contributed by atoms with van der Waals surface area (Å²) in [5, 5.41) is 10.7. The molecule has 3 rings (SSSR count). The minimum Gasteiger partial charge on any atom is -0.383 e. The Morgan fingerprint density at radius 2 is 1.79 bits per heavy atom. The third-order valence-electron chi connectivity index (χ3n) is 3.75. The number of hydrogen-bond donors (Lipinski definition) is 1. The lowest BCUT2D eigenvalue weighted by Gasteiger charge is -2.38. The quantitative estimate of drug-likeness (QED) is 0.891. The van der Waals surface area contributed by atoms with Crippen molar-refractivity contribution in [3.8, 4) is 0 Å². The van der Waals surface area contributed by atoms with Crippen LogP contribution in [0.25, 0.3) is 0 Å². The zero-order chi connectivity index (χ0) is 13.1. The van der Waals surface area contributed by atoms with Crippen LogP contribution >= 0.6 is 0 Å². The highest BCUT2D eigenvalue weighted by atomic mass is 16.3. The molecular formula is C15H17N3O. The van der Waals surface area contributed by atoms with Gasteiger partial charge in [0.25, 0.3) is 0 Å². The molecule has 1 saturated heterocycles. The molecule has 1 aromatic heterocycles. The van der Waals surface area contributed by atoms with E-state index in [0.29, 0.717) is 18.5 Å². The highest BCUT2D eigenvalue weighted by molar-refractivity contribution is 5.46. The smallest absolute Gasteiger partial charge is 0.111 e. The third-order valence-corrected chi connectivity index (χ3v) is 3.75. The van der Waals surface area contributed by atoms with Crippen LogP contribution in [0.15, 0.2) is 48.9 Å². The summed E-state index contributed by atoms with van der Waals surface area (Å²) >= 11 is 0. The van der Waals surface area contributed by atoms with Gasteiger partial charge in [-0.05, 0) is 25.0 Å². The van der Waals surface area contributed by atoms with Gasteiger partial charge in [0.2, 0.25) is 0 Å². The molecule has 0 radical (unpaired) electrons. The minimum absolute atomic E-state index is 0.681. The van der Waals surface area contributed by atoms with Crippen LogP contribution in [0.3, 0.4) is 0 Å². The molecule has 1 aromatic carbocycles. The predicted octanol–water partition coefficient (Wildman–Crippen LogP) is 1.96. The second-order valence-corrected chi connectivity index (χ2v) is 4.94. The molecule has 1 N–H and O–H groups in total. The van der Waals surface area contributed by atoms with Crippen LogP contribution in [0, 0.1) is 0 Å². The van der Waals surface area contributed by atoms with E-state index in [1.807, 2.05) is 18.2 Å². The standard InChI is InChI=1S/C15H17N3O/c19-15(14-12-16-8-9-17-14)6-10-18(11-7-15)13-4-2-1-3-5-13/h1-5,8-9,12,19H,6-7,10-11H2. The number of para-hydroxylation sites is 1. The number of benzene rings is 1. The number of rotatable bonds is 2. The summed E-state index contributed by atoms with van der Waals surface area (Å²) < 4.78 is 0. The Hall–Kier alpha value is -1.94. The van der Waals surface area contributed by atoms with Crippen LogP contribution in [-0.2, 0) is 5.60 Å². The lowest BCUT2D eigenvalue weighted by molar-refractivity contribution is 0.00725. The van der Waals surface area contributed by atoms with E-state index >= 15 is 0 Å². The van der Waals surface area contributed by atoms with Crippen LogP contribution in [-0.4, -0.2) is 28.2 Å². The fourth-order valence-corrected chi connectivity index (χ4v) is 2.57. The van der Waals surface area contributed by atoms with Crippen molar-refractivity contribution < 1.29 is 5.11 Å². The first-order valence-corrected chi connectivity index (χ1v) is 6.57. The van der Waals surface area contributed by atoms with Crippen LogP contribution in [0.4, 0.5) is 5.69 Å². The van der Waals surface area contributed by atoms with E-state index in [0.717, 1.165) is 13.1 Å². The molecular weight excluding hydrogens is 238 g/mol. The Balaban J connectivity index is 1.73. The molecule has 2 aromatic rings. The highest BCUT2D eigenvalue weighted by Crippen LogP contribution is 2.32. The Morgan fingerprint density at radius 3 is 2.42 bits per heavy atom. The largest absolute Gasteiger partial charge is 0.383 e. The topological polar surface area (TPSA) is 49.3 Å². The number of anilines is 1. The summed E-state index contributed by atoms with van der Waals surface area (Å²) in [5.41, 5.74) is 1.06. The number of nitrogens with zero attached hydrogens (tertiary/aromatic N) is 3. The van der Waals surface area contributed by atoms with Gasteiger partial charge in [0.1, 0.15) is 5.60 Å². The van der Waals surface area contributed by atoms with E-state index in [4.69, 9.17) is 0 Å². The lowest BCUT2D eigenvalue weighted by Crippen LogP contribution is -2.43. The molecule has 0 saturated carbocycles. The number of aliphatic hydroxyl groups is 1.